The van der Waals surface area contributed by atoms with Crippen LogP contribution in [-0.4, -0.2) is 67.2 Å². The Kier molecular flexibility index (Phi) is 6.42. The first-order valence-electron chi connectivity index (χ1n) is 9.24. The van der Waals surface area contributed by atoms with Gasteiger partial charge in [0.15, 0.2) is 9.84 Å². The van der Waals surface area contributed by atoms with Crippen molar-refractivity contribution in [2.24, 2.45) is 0 Å². The summed E-state index contributed by atoms with van der Waals surface area (Å²) < 4.78 is 28.5. The third kappa shape index (κ3) is 6.03. The van der Waals surface area contributed by atoms with E-state index in [2.05, 4.69) is 10.6 Å². The van der Waals surface area contributed by atoms with Crippen molar-refractivity contribution in [3.8, 4) is 0 Å². The molecule has 2 aliphatic rings. The van der Waals surface area contributed by atoms with Gasteiger partial charge in [-0.15, -0.1) is 0 Å². The van der Waals surface area contributed by atoms with Crippen LogP contribution < -0.4 is 10.6 Å². The molecule has 0 aromatic heterocycles. The van der Waals surface area contributed by atoms with E-state index in [4.69, 9.17) is 4.74 Å². The maximum absolute atomic E-state index is 12.7. The molecule has 0 saturated carbocycles. The standard InChI is InChI=1S/C17H31N3O5S/c1-12(18-16(22)25-17(2,3)4)14-7-5-6-9-20(14)15(21)19-13-8-10-26(23,24)11-13/h12-14H,5-11H2,1-4H3,(H,18,22)(H,19,21)/t12-,13+,14-/m0/s1. The average Bonchev–Trinajstić information content (AvgIpc) is 2.84. The van der Waals surface area contributed by atoms with Gasteiger partial charge in [-0.3, -0.25) is 0 Å². The van der Waals surface area contributed by atoms with Crippen LogP contribution in [0.4, 0.5) is 9.59 Å². The predicted octanol–water partition coefficient (Wildman–Crippen LogP) is 1.65. The SMILES string of the molecule is C[C@H](NC(=O)OC(C)(C)C)[C@@H]1CCCCN1C(=O)N[C@@H]1CCS(=O)(=O)C1. The third-order valence-electron chi connectivity index (χ3n) is 4.69. The van der Waals surface area contributed by atoms with E-state index in [0.29, 0.717) is 13.0 Å². The molecular weight excluding hydrogens is 358 g/mol. The molecule has 2 aliphatic heterocycles. The van der Waals surface area contributed by atoms with Crippen LogP contribution >= 0.6 is 0 Å². The Morgan fingerprint density at radius 3 is 2.46 bits per heavy atom. The van der Waals surface area contributed by atoms with Gasteiger partial charge in [0.2, 0.25) is 0 Å². The molecule has 2 N–H and O–H groups in total. The van der Waals surface area contributed by atoms with E-state index in [1.807, 2.05) is 6.92 Å². The molecule has 0 aromatic rings. The largest absolute Gasteiger partial charge is 0.444 e. The molecule has 2 saturated heterocycles. The highest BCUT2D eigenvalue weighted by atomic mass is 32.2. The maximum atomic E-state index is 12.7. The fourth-order valence-electron chi connectivity index (χ4n) is 3.49. The van der Waals surface area contributed by atoms with Gasteiger partial charge in [0, 0.05) is 18.6 Å². The third-order valence-corrected chi connectivity index (χ3v) is 6.46. The highest BCUT2D eigenvalue weighted by Gasteiger charge is 2.35. The molecule has 0 bridgehead atoms. The zero-order valence-electron chi connectivity index (χ0n) is 16.1. The minimum atomic E-state index is -3.04. The van der Waals surface area contributed by atoms with Crippen LogP contribution in [0.15, 0.2) is 0 Å². The first-order chi connectivity index (χ1) is 12.0. The number of urea groups is 1. The van der Waals surface area contributed by atoms with Crippen molar-refractivity contribution in [3.05, 3.63) is 0 Å². The number of piperidine rings is 1. The van der Waals surface area contributed by atoms with Gasteiger partial charge < -0.3 is 20.3 Å². The molecule has 26 heavy (non-hydrogen) atoms. The van der Waals surface area contributed by atoms with Crippen LogP contribution in [0.3, 0.4) is 0 Å². The van der Waals surface area contributed by atoms with Crippen LogP contribution in [0, 0.1) is 0 Å². The first kappa shape index (κ1) is 20.8. The lowest BCUT2D eigenvalue weighted by atomic mass is 9.97. The highest BCUT2D eigenvalue weighted by Crippen LogP contribution is 2.21. The molecule has 8 nitrogen and oxygen atoms in total. The summed E-state index contributed by atoms with van der Waals surface area (Å²) >= 11 is 0. The van der Waals surface area contributed by atoms with Gasteiger partial charge in [0.25, 0.3) is 0 Å². The van der Waals surface area contributed by atoms with Crippen molar-refractivity contribution in [3.63, 3.8) is 0 Å². The highest BCUT2D eigenvalue weighted by molar-refractivity contribution is 7.91. The van der Waals surface area contributed by atoms with E-state index in [-0.39, 0.29) is 35.7 Å². The normalized spacial score (nSPS) is 26.8. The Bertz CT molecular complexity index is 629. The van der Waals surface area contributed by atoms with Gasteiger partial charge in [-0.2, -0.15) is 0 Å². The molecule has 0 spiro atoms. The van der Waals surface area contributed by atoms with Crippen molar-refractivity contribution < 1.29 is 22.7 Å². The lowest BCUT2D eigenvalue weighted by Crippen LogP contribution is -2.58. The Hall–Kier alpha value is -1.51. The summed E-state index contributed by atoms with van der Waals surface area (Å²) in [6.07, 6.45) is 2.61. The Balaban J connectivity index is 1.95. The van der Waals surface area contributed by atoms with E-state index in [9.17, 15) is 18.0 Å². The second kappa shape index (κ2) is 8.02. The van der Waals surface area contributed by atoms with Crippen molar-refractivity contribution >= 4 is 22.0 Å². The number of hydrogen-bond donors (Lipinski definition) is 2. The fourth-order valence-corrected chi connectivity index (χ4v) is 5.16. The molecule has 2 fully saturated rings. The lowest BCUT2D eigenvalue weighted by molar-refractivity contribution is 0.0461. The number of carbonyl (C=O) groups is 2. The summed E-state index contributed by atoms with van der Waals surface area (Å²) in [7, 11) is -3.04. The molecule has 2 rings (SSSR count). The number of amides is 3. The monoisotopic (exact) mass is 389 g/mol. The summed E-state index contributed by atoms with van der Waals surface area (Å²) in [5.74, 6) is 0.126. The second-order valence-corrected chi connectivity index (χ2v) is 10.5. The number of rotatable bonds is 3. The van der Waals surface area contributed by atoms with Crippen molar-refractivity contribution in [1.82, 2.24) is 15.5 Å². The number of alkyl carbamates (subject to hydrolysis) is 1. The number of ether oxygens (including phenoxy) is 1. The predicted molar refractivity (Wildman–Crippen MR) is 98.8 cm³/mol. The summed E-state index contributed by atoms with van der Waals surface area (Å²) in [4.78, 5) is 26.4. The quantitative estimate of drug-likeness (QED) is 0.764. The van der Waals surface area contributed by atoms with Crippen molar-refractivity contribution in [2.75, 3.05) is 18.1 Å². The van der Waals surface area contributed by atoms with E-state index < -0.39 is 21.5 Å². The van der Waals surface area contributed by atoms with Gasteiger partial charge in [-0.25, -0.2) is 18.0 Å². The summed E-state index contributed by atoms with van der Waals surface area (Å²) in [5, 5.41) is 5.66. The smallest absolute Gasteiger partial charge is 0.407 e. The molecule has 150 valence electrons. The number of carbonyl (C=O) groups excluding carboxylic acids is 2. The molecule has 0 unspecified atom stereocenters. The minimum Gasteiger partial charge on any atom is -0.444 e. The number of nitrogens with zero attached hydrogens (tertiary/aromatic N) is 1. The summed E-state index contributed by atoms with van der Waals surface area (Å²) in [6, 6.07) is -0.990. The van der Waals surface area contributed by atoms with Crippen LogP contribution in [0.1, 0.15) is 53.4 Å². The van der Waals surface area contributed by atoms with E-state index >= 15 is 0 Å². The fraction of sp³-hybridized carbons (Fsp3) is 0.882. The molecule has 0 aromatic carbocycles. The summed E-state index contributed by atoms with van der Waals surface area (Å²) in [5.41, 5.74) is -0.582. The molecule has 3 amide bonds. The average molecular weight is 390 g/mol. The number of hydrogen-bond acceptors (Lipinski definition) is 5. The molecule has 0 radical (unpaired) electrons. The van der Waals surface area contributed by atoms with E-state index in [1.54, 1.807) is 25.7 Å². The number of sulfone groups is 1. The van der Waals surface area contributed by atoms with Crippen LogP contribution in [-0.2, 0) is 14.6 Å². The van der Waals surface area contributed by atoms with Gasteiger partial charge in [-0.1, -0.05) is 0 Å². The van der Waals surface area contributed by atoms with Gasteiger partial charge in [0.1, 0.15) is 5.60 Å². The van der Waals surface area contributed by atoms with Gasteiger partial charge in [-0.05, 0) is 53.4 Å². The van der Waals surface area contributed by atoms with Crippen molar-refractivity contribution in [2.45, 2.75) is 77.1 Å². The van der Waals surface area contributed by atoms with Crippen LogP contribution in [0.5, 0.6) is 0 Å². The topological polar surface area (TPSA) is 105 Å². The Morgan fingerprint density at radius 1 is 1.19 bits per heavy atom. The van der Waals surface area contributed by atoms with Crippen LogP contribution in [0.25, 0.3) is 0 Å². The molecule has 2 heterocycles. The van der Waals surface area contributed by atoms with Gasteiger partial charge in [0.05, 0.1) is 17.5 Å². The van der Waals surface area contributed by atoms with Crippen LogP contribution in [0.2, 0.25) is 0 Å². The zero-order valence-corrected chi connectivity index (χ0v) is 16.9. The number of nitrogens with one attached hydrogen (secondary N) is 2. The zero-order chi connectivity index (χ0) is 19.5. The summed E-state index contributed by atoms with van der Waals surface area (Å²) in [6.45, 7) is 7.85. The Morgan fingerprint density at radius 2 is 1.88 bits per heavy atom. The Labute approximate surface area is 155 Å². The molecular formula is C17H31N3O5S. The minimum absolute atomic E-state index is 0.00294. The van der Waals surface area contributed by atoms with Gasteiger partial charge >= 0.3 is 12.1 Å². The molecule has 9 heteroatoms. The molecule has 0 aliphatic carbocycles. The van der Waals surface area contributed by atoms with E-state index in [1.165, 1.54) is 0 Å². The number of likely N-dealkylation sites (tertiary alicyclic amines) is 1. The lowest BCUT2D eigenvalue weighted by Gasteiger charge is -2.39. The first-order valence-corrected chi connectivity index (χ1v) is 11.1. The second-order valence-electron chi connectivity index (χ2n) is 8.24. The molecule has 3 atom stereocenters. The maximum Gasteiger partial charge on any atom is 0.407 e. The van der Waals surface area contributed by atoms with Crippen molar-refractivity contribution in [1.29, 1.82) is 0 Å². The van der Waals surface area contributed by atoms with E-state index in [0.717, 1.165) is 19.3 Å².